The topological polar surface area (TPSA) is 121 Å². The van der Waals surface area contributed by atoms with Gasteiger partial charge in [0.25, 0.3) is 11.6 Å². The molecule has 356 valence electrons. The molecule has 3 aliphatic carbocycles. The Kier molecular flexibility index (Phi) is 13.1. The van der Waals surface area contributed by atoms with Crippen LogP contribution < -0.4 is 8.37 Å². The van der Waals surface area contributed by atoms with Crippen LogP contribution >= 0.6 is 0 Å². The first-order valence-electron chi connectivity index (χ1n) is 23.3. The average molecular weight is 955 g/mol. The molecule has 10 heteroatoms. The van der Waals surface area contributed by atoms with E-state index in [1.54, 1.807) is 24.3 Å². The van der Waals surface area contributed by atoms with E-state index in [-0.39, 0.29) is 58.5 Å². The Hall–Kier alpha value is -5.58. The molecule has 0 atom stereocenters. The zero-order chi connectivity index (χ0) is 50.1. The molecule has 7 rings (SSSR count). The van der Waals surface area contributed by atoms with Gasteiger partial charge in [0.05, 0.1) is 61.1 Å². The van der Waals surface area contributed by atoms with E-state index in [4.69, 9.17) is 8.37 Å². The number of benzene rings is 4. The lowest BCUT2D eigenvalue weighted by molar-refractivity contribution is -0.114. The number of hydrogen-bond acceptors (Lipinski definition) is 8. The van der Waals surface area contributed by atoms with Crippen molar-refractivity contribution in [3.05, 3.63) is 176 Å². The van der Waals surface area contributed by atoms with Gasteiger partial charge in [0.2, 0.25) is 0 Å². The highest BCUT2D eigenvalue weighted by Gasteiger charge is 2.43. The second kappa shape index (κ2) is 17.7. The Balaban J connectivity index is 1.54. The Bertz CT molecular complexity index is 2930. The highest BCUT2D eigenvalue weighted by Crippen LogP contribution is 2.45. The molecule has 0 N–H and O–H groups in total. The smallest absolute Gasteiger partial charge is 0.339 e. The summed E-state index contributed by atoms with van der Waals surface area (Å²) in [5.41, 5.74) is 6.28. The van der Waals surface area contributed by atoms with Gasteiger partial charge in [-0.3, -0.25) is 9.59 Å². The lowest BCUT2D eigenvalue weighted by atomic mass is 9.73. The number of hydrogen-bond donors (Lipinski definition) is 0. The predicted molar refractivity (Wildman–Crippen MR) is 271 cm³/mol. The van der Waals surface area contributed by atoms with Gasteiger partial charge in [-0.15, -0.1) is 0 Å². The van der Waals surface area contributed by atoms with Crippen molar-refractivity contribution in [3.63, 3.8) is 0 Å². The minimum Gasteiger partial charge on any atom is -0.378 e. The molecule has 0 aromatic heterocycles. The van der Waals surface area contributed by atoms with Crippen molar-refractivity contribution in [3.8, 4) is 11.5 Å². The molecular weight excluding hydrogens is 889 g/mol. The fourth-order valence-electron chi connectivity index (χ4n) is 8.56. The minimum absolute atomic E-state index is 0.00137. The molecule has 68 heavy (non-hydrogen) atoms. The maximum atomic E-state index is 15.2. The fourth-order valence-corrected chi connectivity index (χ4v) is 10.6. The van der Waals surface area contributed by atoms with E-state index in [0.717, 1.165) is 33.4 Å². The molecule has 0 fully saturated rings. The molecule has 0 unspecified atom stereocenters. The van der Waals surface area contributed by atoms with E-state index in [9.17, 15) is 16.8 Å². The van der Waals surface area contributed by atoms with Crippen LogP contribution in [-0.4, -0.2) is 28.4 Å². The molecule has 4 aromatic carbocycles. The molecule has 4 aromatic rings. The zero-order valence-electron chi connectivity index (χ0n) is 42.1. The summed E-state index contributed by atoms with van der Waals surface area (Å²) in [4.78, 5) is 30.4. The van der Waals surface area contributed by atoms with Crippen LogP contribution in [-0.2, 0) is 66.3 Å². The molecule has 0 aliphatic heterocycles. The Morgan fingerprint density at radius 3 is 1.07 bits per heavy atom. The first kappa shape index (κ1) is 50.3. The lowest BCUT2D eigenvalue weighted by Crippen LogP contribution is -2.27. The molecule has 0 saturated carbocycles. The molecule has 3 aliphatic rings. The normalized spacial score (nSPS) is 16.4. The van der Waals surface area contributed by atoms with E-state index in [1.165, 1.54) is 24.3 Å². The second-order valence-electron chi connectivity index (χ2n) is 22.9. The number of carbonyl (C=O) groups excluding carboxylic acids is 2. The van der Waals surface area contributed by atoms with Gasteiger partial charge in [-0.25, -0.2) is 0 Å². The summed E-state index contributed by atoms with van der Waals surface area (Å²) in [5, 5.41) is 0. The average Bonchev–Trinajstić information content (AvgIpc) is 3.21. The van der Waals surface area contributed by atoms with Gasteiger partial charge in [-0.1, -0.05) is 76.9 Å². The van der Waals surface area contributed by atoms with E-state index < -0.39 is 41.9 Å². The van der Waals surface area contributed by atoms with Gasteiger partial charge in [0.15, 0.2) is 11.5 Å². The van der Waals surface area contributed by atoms with Crippen LogP contribution in [0, 0.1) is 36.5 Å². The summed E-state index contributed by atoms with van der Waals surface area (Å²) >= 11 is 0. The molecule has 0 spiro atoms. The first-order chi connectivity index (χ1) is 31.3. The Morgan fingerprint density at radius 1 is 0.456 bits per heavy atom. The van der Waals surface area contributed by atoms with Crippen LogP contribution in [0.2, 0.25) is 0 Å². The van der Waals surface area contributed by atoms with Gasteiger partial charge < -0.3 is 8.37 Å². The van der Waals surface area contributed by atoms with E-state index >= 15 is 9.59 Å². The first-order valence-corrected chi connectivity index (χ1v) is 26.1. The summed E-state index contributed by atoms with van der Waals surface area (Å²) in [6.07, 6.45) is 7.57. The number of ketones is 2. The van der Waals surface area contributed by atoms with E-state index in [0.29, 0.717) is 45.2 Å². The van der Waals surface area contributed by atoms with Gasteiger partial charge in [0.1, 0.15) is 32.8 Å². The van der Waals surface area contributed by atoms with Crippen molar-refractivity contribution in [2.24, 2.45) is 10.8 Å². The number of fused-ring (bicyclic) bond motifs is 8. The quantitative estimate of drug-likeness (QED) is 0.138. The molecule has 8 bridgehead atoms. The third-order valence-corrected chi connectivity index (χ3v) is 15.4. The van der Waals surface area contributed by atoms with E-state index in [2.05, 4.69) is 83.1 Å². The number of Topliss-reactive ketones (excluding diaryl/α,β-unsaturated/α-hetero) is 2. The summed E-state index contributed by atoms with van der Waals surface area (Å²) in [6.45, 7) is 28.5. The standard InChI is InChI=1S/C58H66O8S2/c1-35-15-19-49(20-16-35)67(61,62)65-53-41-23-37-27-45(55(3,4)5)29-39(51(37)59)25-43-33-48(58(12,13)14)34-44(54(43)66-68(63,64)50-21-17-36(2)18-22-50)26-40-30-46(56(6,7)8)28-38(52(40)60)24-42(53)32-47(31-41)57(9,10)11/h15-22,27-34H,23-26H2,1-14H3/q+2. The summed E-state index contributed by atoms with van der Waals surface area (Å²) in [7, 11) is -8.84. The molecule has 8 nitrogen and oxygen atoms in total. The minimum atomic E-state index is -4.42. The third kappa shape index (κ3) is 10.8. The number of rotatable bonds is 6. The van der Waals surface area contributed by atoms with Crippen molar-refractivity contribution in [2.45, 2.75) is 143 Å². The van der Waals surface area contributed by atoms with Crippen LogP contribution in [0.4, 0.5) is 0 Å². The van der Waals surface area contributed by atoms with Crippen molar-refractivity contribution in [1.82, 2.24) is 0 Å². The monoisotopic (exact) mass is 954 g/mol. The molecular formula is C58H66O8S2+2. The third-order valence-electron chi connectivity index (χ3n) is 13.0. The molecule has 0 heterocycles. The van der Waals surface area contributed by atoms with Crippen molar-refractivity contribution in [1.29, 1.82) is 0 Å². The number of allylic oxidation sites excluding steroid dienone is 8. The summed E-state index contributed by atoms with van der Waals surface area (Å²) in [6, 6.07) is 20.6. The van der Waals surface area contributed by atoms with Gasteiger partial charge in [-0.05, 0) is 126 Å². The van der Waals surface area contributed by atoms with Crippen molar-refractivity contribution >= 4 is 31.8 Å². The number of carbonyl (C=O) groups is 2. The predicted octanol–water partition coefficient (Wildman–Crippen LogP) is 12.4. The lowest BCUT2D eigenvalue weighted by Gasteiger charge is -2.27. The van der Waals surface area contributed by atoms with Gasteiger partial charge >= 0.3 is 20.2 Å². The SMILES string of the molecule is Cc1ccc(S(=O)(=O)Oc2c3cc(C(C)(C)C)cc2CC2=CC(C(C)(C)C)=C[C+](Cc4cc(C(C)(C)C)cc(c4OS(=O)(=O)c4ccc(C)cc4)C[C+]4C=C(C(C)(C)C)C=C(C3)C4=O)C2=O)cc1. The van der Waals surface area contributed by atoms with E-state index in [1.807, 2.05) is 62.4 Å². The van der Waals surface area contributed by atoms with Crippen LogP contribution in [0.3, 0.4) is 0 Å². The largest absolute Gasteiger partial charge is 0.378 e. The fraction of sp³-hybridized carbons (Fsp3) is 0.379. The Morgan fingerprint density at radius 2 is 0.765 bits per heavy atom. The van der Waals surface area contributed by atoms with Gasteiger partial charge in [0, 0.05) is 33.1 Å². The van der Waals surface area contributed by atoms with Crippen LogP contribution in [0.25, 0.3) is 0 Å². The van der Waals surface area contributed by atoms with Crippen LogP contribution in [0.5, 0.6) is 11.5 Å². The Labute approximate surface area is 405 Å². The van der Waals surface area contributed by atoms with Crippen LogP contribution in [0.1, 0.15) is 128 Å². The van der Waals surface area contributed by atoms with Gasteiger partial charge in [-0.2, -0.15) is 16.8 Å². The summed E-state index contributed by atoms with van der Waals surface area (Å²) < 4.78 is 70.1. The molecule has 0 saturated heterocycles. The zero-order valence-corrected chi connectivity index (χ0v) is 43.8. The highest BCUT2D eigenvalue weighted by atomic mass is 32.2. The maximum Gasteiger partial charge on any atom is 0.339 e. The number of aryl methyl sites for hydroxylation is 2. The molecule has 0 radical (unpaired) electrons. The van der Waals surface area contributed by atoms with Crippen molar-refractivity contribution in [2.75, 3.05) is 0 Å². The highest BCUT2D eigenvalue weighted by molar-refractivity contribution is 7.87. The maximum absolute atomic E-state index is 15.2. The van der Waals surface area contributed by atoms with Crippen molar-refractivity contribution < 1.29 is 34.8 Å². The summed E-state index contributed by atoms with van der Waals surface area (Å²) in [5.74, 6) is 0.447. The second-order valence-corrected chi connectivity index (χ2v) is 26.0. The molecule has 0 amide bonds. The van der Waals surface area contributed by atoms with Crippen LogP contribution in [0.15, 0.2) is 129 Å².